The summed E-state index contributed by atoms with van der Waals surface area (Å²) in [4.78, 5) is 5.30. The molecule has 27 heavy (non-hydrogen) atoms. The van der Waals surface area contributed by atoms with Crippen LogP contribution < -0.4 is 10.2 Å². The van der Waals surface area contributed by atoms with Crippen LogP contribution in [0, 0.1) is 11.3 Å². The van der Waals surface area contributed by atoms with Gasteiger partial charge in [-0.2, -0.15) is 5.26 Å². The summed E-state index contributed by atoms with van der Waals surface area (Å²) in [7, 11) is 0. The Morgan fingerprint density at radius 1 is 0.889 bits per heavy atom. The number of rotatable bonds is 2. The molecule has 2 heterocycles. The third kappa shape index (κ3) is 3.07. The summed E-state index contributed by atoms with van der Waals surface area (Å²) in [5, 5.41) is 12.8. The van der Waals surface area contributed by atoms with Crippen molar-refractivity contribution in [3.63, 3.8) is 0 Å². The molecule has 1 saturated carbocycles. The summed E-state index contributed by atoms with van der Waals surface area (Å²) < 4.78 is 0. The van der Waals surface area contributed by atoms with Crippen LogP contribution in [0.25, 0.3) is 11.1 Å². The fourth-order valence-electron chi connectivity index (χ4n) is 4.71. The van der Waals surface area contributed by atoms with Gasteiger partial charge in [-0.25, -0.2) is 0 Å². The number of benzene rings is 2. The van der Waals surface area contributed by atoms with E-state index >= 15 is 0 Å². The van der Waals surface area contributed by atoms with Crippen LogP contribution in [-0.2, 0) is 0 Å². The Morgan fingerprint density at radius 3 is 2.44 bits per heavy atom. The predicted molar refractivity (Wildman–Crippen MR) is 110 cm³/mol. The van der Waals surface area contributed by atoms with E-state index in [0.717, 1.165) is 18.2 Å². The maximum atomic E-state index is 8.99. The molecule has 0 radical (unpaired) electrons. The first-order chi connectivity index (χ1) is 13.3. The van der Waals surface area contributed by atoms with Gasteiger partial charge in [-0.1, -0.05) is 24.6 Å². The Hall–Kier alpha value is -2.51. The molecule has 1 saturated heterocycles. The van der Waals surface area contributed by atoms with Crippen molar-refractivity contribution in [1.29, 1.82) is 5.26 Å². The van der Waals surface area contributed by atoms with E-state index in [1.54, 1.807) is 0 Å². The highest BCUT2D eigenvalue weighted by molar-refractivity contribution is 5.82. The van der Waals surface area contributed by atoms with Crippen LogP contribution in [0.2, 0.25) is 0 Å². The second-order valence-electron chi connectivity index (χ2n) is 8.04. The molecule has 2 aromatic carbocycles. The number of fused-ring (bicyclic) bond motifs is 3. The summed E-state index contributed by atoms with van der Waals surface area (Å²) in [6.07, 6.45) is 7.05. The van der Waals surface area contributed by atoms with Crippen molar-refractivity contribution in [2.24, 2.45) is 0 Å². The lowest BCUT2D eigenvalue weighted by atomic mass is 9.91. The zero-order valence-electron chi connectivity index (χ0n) is 15.7. The number of hydrogen-bond donors (Lipinski definition) is 1. The third-order valence-electron chi connectivity index (χ3n) is 6.48. The Bertz CT molecular complexity index is 863. The molecule has 2 fully saturated rings. The van der Waals surface area contributed by atoms with E-state index in [1.807, 2.05) is 24.3 Å². The molecule has 0 bridgehead atoms. The normalized spacial score (nSPS) is 22.6. The fraction of sp³-hybridized carbons (Fsp3) is 0.435. The van der Waals surface area contributed by atoms with Crippen molar-refractivity contribution in [2.75, 3.05) is 29.9 Å². The first kappa shape index (κ1) is 16.6. The molecule has 5 rings (SSSR count). The molecule has 1 N–H and O–H groups in total. The highest BCUT2D eigenvalue weighted by atomic mass is 15.3. The lowest BCUT2D eigenvalue weighted by Gasteiger charge is -2.41. The van der Waals surface area contributed by atoms with Crippen molar-refractivity contribution in [3.8, 4) is 17.2 Å². The van der Waals surface area contributed by atoms with Gasteiger partial charge < -0.3 is 15.1 Å². The summed E-state index contributed by atoms with van der Waals surface area (Å²) in [5.41, 5.74) is 5.67. The number of hydrogen-bond acceptors (Lipinski definition) is 4. The van der Waals surface area contributed by atoms with Gasteiger partial charge in [0.15, 0.2) is 0 Å². The van der Waals surface area contributed by atoms with Gasteiger partial charge in [0.05, 0.1) is 23.0 Å². The molecule has 0 spiro atoms. The van der Waals surface area contributed by atoms with E-state index in [0.29, 0.717) is 11.7 Å². The van der Waals surface area contributed by atoms with Crippen molar-refractivity contribution in [1.82, 2.24) is 4.90 Å². The minimum absolute atomic E-state index is 0.416. The van der Waals surface area contributed by atoms with Crippen LogP contribution in [0.1, 0.15) is 37.7 Å². The molecule has 0 amide bonds. The minimum atomic E-state index is 0.416. The molecule has 138 valence electrons. The smallest absolute Gasteiger partial charge is 0.100 e. The summed E-state index contributed by atoms with van der Waals surface area (Å²) in [5.74, 6) is 0. The zero-order valence-corrected chi connectivity index (χ0v) is 15.7. The minimum Gasteiger partial charge on any atom is -0.363 e. The topological polar surface area (TPSA) is 42.3 Å². The van der Waals surface area contributed by atoms with Gasteiger partial charge in [0, 0.05) is 25.7 Å². The van der Waals surface area contributed by atoms with Gasteiger partial charge >= 0.3 is 0 Å². The molecule has 1 aliphatic carbocycles. The first-order valence-corrected chi connectivity index (χ1v) is 10.2. The van der Waals surface area contributed by atoms with E-state index in [2.05, 4.69) is 39.4 Å². The molecule has 1 atom stereocenters. The standard InChI is InChI=1S/C23H26N4/c24-16-17-5-7-18(8-6-17)19-9-10-22-21(15-19)25-23-11-14-26(20-3-1-4-20)12-2-13-27(22)23/h5-10,15,20,23,25H,1-4,11-14H2. The van der Waals surface area contributed by atoms with Gasteiger partial charge in [0.1, 0.15) is 6.17 Å². The number of nitriles is 1. The van der Waals surface area contributed by atoms with Gasteiger partial charge in [-0.05, 0) is 61.1 Å². The highest BCUT2D eigenvalue weighted by Gasteiger charge is 2.32. The van der Waals surface area contributed by atoms with Crippen LogP contribution in [-0.4, -0.2) is 36.7 Å². The van der Waals surface area contributed by atoms with E-state index < -0.39 is 0 Å². The number of anilines is 2. The van der Waals surface area contributed by atoms with Gasteiger partial charge in [-0.3, -0.25) is 0 Å². The number of nitrogens with one attached hydrogen (secondary N) is 1. The first-order valence-electron chi connectivity index (χ1n) is 10.2. The summed E-state index contributed by atoms with van der Waals surface area (Å²) in [6.45, 7) is 3.58. The molecule has 2 aromatic rings. The zero-order chi connectivity index (χ0) is 18.2. The quantitative estimate of drug-likeness (QED) is 0.862. The van der Waals surface area contributed by atoms with E-state index in [9.17, 15) is 0 Å². The lowest BCUT2D eigenvalue weighted by Crippen LogP contribution is -2.48. The van der Waals surface area contributed by atoms with Gasteiger partial charge in [0.25, 0.3) is 0 Å². The molecule has 3 aliphatic rings. The molecular formula is C23H26N4. The molecule has 4 heteroatoms. The largest absolute Gasteiger partial charge is 0.363 e. The Morgan fingerprint density at radius 2 is 1.70 bits per heavy atom. The fourth-order valence-corrected chi connectivity index (χ4v) is 4.71. The maximum absolute atomic E-state index is 8.99. The summed E-state index contributed by atoms with van der Waals surface area (Å²) in [6, 6.07) is 17.6. The number of nitrogens with zero attached hydrogens (tertiary/aromatic N) is 3. The third-order valence-corrected chi connectivity index (χ3v) is 6.48. The second-order valence-corrected chi connectivity index (χ2v) is 8.04. The maximum Gasteiger partial charge on any atom is 0.100 e. The van der Waals surface area contributed by atoms with Crippen molar-refractivity contribution in [2.45, 2.75) is 44.3 Å². The highest BCUT2D eigenvalue weighted by Crippen LogP contribution is 2.39. The molecule has 2 aliphatic heterocycles. The molecule has 0 aromatic heterocycles. The molecule has 4 nitrogen and oxygen atoms in total. The van der Waals surface area contributed by atoms with Crippen LogP contribution in [0.4, 0.5) is 11.4 Å². The lowest BCUT2D eigenvalue weighted by molar-refractivity contribution is 0.118. The summed E-state index contributed by atoms with van der Waals surface area (Å²) >= 11 is 0. The Balaban J connectivity index is 1.35. The average molecular weight is 358 g/mol. The molecular weight excluding hydrogens is 332 g/mol. The van der Waals surface area contributed by atoms with Gasteiger partial charge in [0.2, 0.25) is 0 Å². The van der Waals surface area contributed by atoms with E-state index in [-0.39, 0.29) is 0 Å². The van der Waals surface area contributed by atoms with Crippen LogP contribution >= 0.6 is 0 Å². The van der Waals surface area contributed by atoms with Crippen LogP contribution in [0.5, 0.6) is 0 Å². The van der Waals surface area contributed by atoms with Crippen LogP contribution in [0.3, 0.4) is 0 Å². The van der Waals surface area contributed by atoms with Crippen molar-refractivity contribution in [3.05, 3.63) is 48.0 Å². The Labute approximate surface area is 161 Å². The molecule has 1 unspecified atom stereocenters. The van der Waals surface area contributed by atoms with E-state index in [1.165, 1.54) is 62.1 Å². The van der Waals surface area contributed by atoms with Crippen LogP contribution in [0.15, 0.2) is 42.5 Å². The second kappa shape index (κ2) is 6.90. The monoisotopic (exact) mass is 358 g/mol. The Kier molecular flexibility index (Phi) is 4.26. The van der Waals surface area contributed by atoms with Crippen molar-refractivity contribution >= 4 is 11.4 Å². The average Bonchev–Trinajstić information content (AvgIpc) is 2.98. The SMILES string of the molecule is N#Cc1ccc(-c2ccc3c(c2)NC2CCN(C4CCC4)CCCN32)cc1. The van der Waals surface area contributed by atoms with Gasteiger partial charge in [-0.15, -0.1) is 0 Å². The predicted octanol–water partition coefficient (Wildman–Crippen LogP) is 4.43. The van der Waals surface area contributed by atoms with Crippen molar-refractivity contribution < 1.29 is 0 Å². The van der Waals surface area contributed by atoms with E-state index in [4.69, 9.17) is 5.26 Å².